The smallest absolute Gasteiger partial charge is 0.320 e. The van der Waals surface area contributed by atoms with Gasteiger partial charge in [0.2, 0.25) is 0 Å². The zero-order valence-corrected chi connectivity index (χ0v) is 9.74. The summed E-state index contributed by atoms with van der Waals surface area (Å²) in [6.45, 7) is 0. The molecule has 2 amide bonds. The molecule has 1 atom stereocenters. The van der Waals surface area contributed by atoms with Crippen LogP contribution in [0.25, 0.3) is 0 Å². The van der Waals surface area contributed by atoms with Gasteiger partial charge in [0.1, 0.15) is 12.0 Å². The molecule has 0 bridgehead atoms. The Morgan fingerprint density at radius 3 is 2.94 bits per heavy atom. The summed E-state index contributed by atoms with van der Waals surface area (Å²) in [5.41, 5.74) is 5.95. The van der Waals surface area contributed by atoms with Crippen LogP contribution >= 0.6 is 15.9 Å². The second kappa shape index (κ2) is 4.13. The van der Waals surface area contributed by atoms with Gasteiger partial charge in [-0.05, 0) is 12.1 Å². The number of carbonyl (C=O) groups is 1. The fraction of sp³-hybridized carbons (Fsp3) is 0.100. The van der Waals surface area contributed by atoms with E-state index in [4.69, 9.17) is 5.73 Å². The van der Waals surface area contributed by atoms with E-state index in [2.05, 4.69) is 21.2 Å². The molecule has 0 fully saturated rings. The quantitative estimate of drug-likeness (QED) is 0.830. The Morgan fingerprint density at radius 1 is 1.56 bits per heavy atom. The van der Waals surface area contributed by atoms with E-state index in [1.165, 1.54) is 17.0 Å². The number of amides is 2. The van der Waals surface area contributed by atoms with Gasteiger partial charge in [0.15, 0.2) is 0 Å². The van der Waals surface area contributed by atoms with E-state index in [0.717, 1.165) is 5.56 Å². The van der Waals surface area contributed by atoms with Crippen molar-refractivity contribution in [2.45, 2.75) is 6.17 Å². The summed E-state index contributed by atoms with van der Waals surface area (Å²) >= 11 is 3.25. The zero-order chi connectivity index (χ0) is 11.7. The lowest BCUT2D eigenvalue weighted by atomic mass is 10.1. The fourth-order valence-electron chi connectivity index (χ4n) is 1.54. The SMILES string of the molecule is NC(=O)N1C=CNC1c1ccc(F)cc1Br. The highest BCUT2D eigenvalue weighted by Gasteiger charge is 2.26. The third kappa shape index (κ3) is 1.88. The van der Waals surface area contributed by atoms with E-state index in [-0.39, 0.29) is 5.82 Å². The number of rotatable bonds is 1. The molecule has 6 heteroatoms. The van der Waals surface area contributed by atoms with Gasteiger partial charge in [-0.1, -0.05) is 22.0 Å². The summed E-state index contributed by atoms with van der Waals surface area (Å²) in [7, 11) is 0. The summed E-state index contributed by atoms with van der Waals surface area (Å²) in [5, 5.41) is 2.96. The molecule has 0 saturated heterocycles. The predicted molar refractivity (Wildman–Crippen MR) is 60.5 cm³/mol. The van der Waals surface area contributed by atoms with Crippen molar-refractivity contribution in [1.82, 2.24) is 10.2 Å². The highest BCUT2D eigenvalue weighted by Crippen LogP contribution is 2.29. The minimum Gasteiger partial charge on any atom is -0.366 e. The summed E-state index contributed by atoms with van der Waals surface area (Å²) in [4.78, 5) is 12.5. The van der Waals surface area contributed by atoms with Crippen molar-refractivity contribution in [1.29, 1.82) is 0 Å². The molecule has 2 rings (SSSR count). The van der Waals surface area contributed by atoms with Gasteiger partial charge < -0.3 is 11.1 Å². The van der Waals surface area contributed by atoms with Crippen molar-refractivity contribution in [2.24, 2.45) is 5.73 Å². The van der Waals surface area contributed by atoms with Crippen LogP contribution in [0.3, 0.4) is 0 Å². The van der Waals surface area contributed by atoms with Crippen LogP contribution in [0.1, 0.15) is 11.7 Å². The maximum absolute atomic E-state index is 12.9. The second-order valence-corrected chi connectivity index (χ2v) is 4.15. The summed E-state index contributed by atoms with van der Waals surface area (Å²) in [5.74, 6) is -0.341. The largest absolute Gasteiger partial charge is 0.366 e. The van der Waals surface area contributed by atoms with Gasteiger partial charge in [-0.15, -0.1) is 0 Å². The maximum atomic E-state index is 12.9. The van der Waals surface area contributed by atoms with Gasteiger partial charge in [0, 0.05) is 22.4 Å². The lowest BCUT2D eigenvalue weighted by molar-refractivity contribution is 0.210. The van der Waals surface area contributed by atoms with Gasteiger partial charge in [-0.3, -0.25) is 4.90 Å². The normalized spacial score (nSPS) is 18.6. The summed E-state index contributed by atoms with van der Waals surface area (Å²) < 4.78 is 13.5. The number of nitrogens with two attached hydrogens (primary N) is 1. The van der Waals surface area contributed by atoms with Crippen molar-refractivity contribution in [3.8, 4) is 0 Å². The first-order valence-corrected chi connectivity index (χ1v) is 5.34. The van der Waals surface area contributed by atoms with Crippen LogP contribution in [0.5, 0.6) is 0 Å². The van der Waals surface area contributed by atoms with Gasteiger partial charge in [-0.2, -0.15) is 0 Å². The molecule has 0 spiro atoms. The van der Waals surface area contributed by atoms with Crippen molar-refractivity contribution >= 4 is 22.0 Å². The number of hydrogen-bond acceptors (Lipinski definition) is 2. The Labute approximate surface area is 100 Å². The summed E-state index contributed by atoms with van der Waals surface area (Å²) in [6.07, 6.45) is 2.76. The molecule has 16 heavy (non-hydrogen) atoms. The highest BCUT2D eigenvalue weighted by molar-refractivity contribution is 9.10. The number of hydrogen-bond donors (Lipinski definition) is 2. The number of primary amides is 1. The third-order valence-corrected chi connectivity index (χ3v) is 2.97. The molecular weight excluding hydrogens is 277 g/mol. The van der Waals surface area contributed by atoms with E-state index in [9.17, 15) is 9.18 Å². The molecule has 3 N–H and O–H groups in total. The molecule has 1 aliphatic rings. The standard InChI is InChI=1S/C10H9BrFN3O/c11-8-5-6(12)1-2-7(8)9-14-3-4-15(9)10(13)16/h1-5,9,14H,(H2,13,16). The van der Waals surface area contributed by atoms with E-state index < -0.39 is 12.2 Å². The van der Waals surface area contributed by atoms with Gasteiger partial charge in [0.05, 0.1) is 0 Å². The molecule has 0 radical (unpaired) electrons. The molecule has 0 aliphatic carbocycles. The van der Waals surface area contributed by atoms with Crippen LogP contribution in [0.2, 0.25) is 0 Å². The zero-order valence-electron chi connectivity index (χ0n) is 8.15. The van der Waals surface area contributed by atoms with Crippen LogP contribution in [0.15, 0.2) is 35.1 Å². The first-order chi connectivity index (χ1) is 7.59. The molecule has 1 heterocycles. The number of carbonyl (C=O) groups excluding carboxylic acids is 1. The molecule has 1 unspecified atom stereocenters. The lowest BCUT2D eigenvalue weighted by Crippen LogP contribution is -2.36. The predicted octanol–water partition coefficient (Wildman–Crippen LogP) is 2.04. The molecule has 1 aliphatic heterocycles. The van der Waals surface area contributed by atoms with E-state index in [1.54, 1.807) is 18.5 Å². The summed E-state index contributed by atoms with van der Waals surface area (Å²) in [6, 6.07) is 3.70. The number of urea groups is 1. The Morgan fingerprint density at radius 2 is 2.31 bits per heavy atom. The molecule has 4 nitrogen and oxygen atoms in total. The Kier molecular flexibility index (Phi) is 2.82. The van der Waals surface area contributed by atoms with Crippen LogP contribution < -0.4 is 11.1 Å². The fourth-order valence-corrected chi connectivity index (χ4v) is 2.11. The van der Waals surface area contributed by atoms with Gasteiger partial charge >= 0.3 is 6.03 Å². The second-order valence-electron chi connectivity index (χ2n) is 3.30. The highest BCUT2D eigenvalue weighted by atomic mass is 79.9. The number of nitrogens with one attached hydrogen (secondary N) is 1. The van der Waals surface area contributed by atoms with Crippen LogP contribution in [0, 0.1) is 5.82 Å². The van der Waals surface area contributed by atoms with Crippen molar-refractivity contribution in [3.05, 3.63) is 46.5 Å². The lowest BCUT2D eigenvalue weighted by Gasteiger charge is -2.23. The van der Waals surface area contributed by atoms with Crippen molar-refractivity contribution in [3.63, 3.8) is 0 Å². The average molecular weight is 286 g/mol. The number of benzene rings is 1. The molecule has 0 aromatic heterocycles. The van der Waals surface area contributed by atoms with E-state index in [0.29, 0.717) is 4.47 Å². The topological polar surface area (TPSA) is 58.4 Å². The first-order valence-electron chi connectivity index (χ1n) is 4.55. The number of nitrogens with zero attached hydrogens (tertiary/aromatic N) is 1. The van der Waals surface area contributed by atoms with Crippen LogP contribution in [-0.4, -0.2) is 10.9 Å². The molecule has 1 aromatic carbocycles. The van der Waals surface area contributed by atoms with Crippen molar-refractivity contribution in [2.75, 3.05) is 0 Å². The molecule has 0 saturated carbocycles. The minimum atomic E-state index is -0.567. The Bertz CT molecular complexity index is 463. The van der Waals surface area contributed by atoms with Gasteiger partial charge in [0.25, 0.3) is 0 Å². The third-order valence-electron chi connectivity index (χ3n) is 2.28. The Hall–Kier alpha value is -1.56. The number of halogens is 2. The molecule has 1 aromatic rings. The first kappa shape index (κ1) is 10.9. The monoisotopic (exact) mass is 285 g/mol. The van der Waals surface area contributed by atoms with Crippen LogP contribution in [-0.2, 0) is 0 Å². The minimum absolute atomic E-state index is 0.341. The average Bonchev–Trinajstić information content (AvgIpc) is 2.66. The van der Waals surface area contributed by atoms with E-state index >= 15 is 0 Å². The van der Waals surface area contributed by atoms with E-state index in [1.807, 2.05) is 0 Å². The molecule has 84 valence electrons. The maximum Gasteiger partial charge on any atom is 0.320 e. The Balaban J connectivity index is 2.34. The van der Waals surface area contributed by atoms with Crippen molar-refractivity contribution < 1.29 is 9.18 Å². The molecular formula is C10H9BrFN3O. The van der Waals surface area contributed by atoms with Crippen LogP contribution in [0.4, 0.5) is 9.18 Å². The van der Waals surface area contributed by atoms with Gasteiger partial charge in [-0.25, -0.2) is 9.18 Å².